The zero-order valence-corrected chi connectivity index (χ0v) is 16.0. The van der Waals surface area contributed by atoms with Crippen molar-refractivity contribution in [3.05, 3.63) is 0 Å². The van der Waals surface area contributed by atoms with Crippen LogP contribution < -0.4 is 0 Å². The lowest BCUT2D eigenvalue weighted by atomic mass is 9.60. The number of rotatable bonds is 4. The van der Waals surface area contributed by atoms with Crippen molar-refractivity contribution in [2.24, 2.45) is 0 Å². The Balaban J connectivity index is 2.06. The molecule has 5 heteroatoms. The SMILES string of the molecule is COC(=O)C1(OC)CC2(CCCCC2)N(CCO)C2(CCCCC2)C1. The molecule has 0 aromatic carbocycles. The molecule has 3 aliphatic rings. The second-order valence-electron chi connectivity index (χ2n) is 8.49. The summed E-state index contributed by atoms with van der Waals surface area (Å²) in [6.45, 7) is 0.892. The van der Waals surface area contributed by atoms with Crippen molar-refractivity contribution < 1.29 is 19.4 Å². The van der Waals surface area contributed by atoms with Gasteiger partial charge >= 0.3 is 5.97 Å². The molecule has 0 atom stereocenters. The molecule has 3 rings (SSSR count). The lowest BCUT2D eigenvalue weighted by Gasteiger charge is -2.64. The second-order valence-corrected chi connectivity index (χ2v) is 8.49. The molecule has 2 aliphatic carbocycles. The summed E-state index contributed by atoms with van der Waals surface area (Å²) in [6, 6.07) is 0. The van der Waals surface area contributed by atoms with E-state index in [0.717, 1.165) is 25.7 Å². The van der Waals surface area contributed by atoms with E-state index in [1.807, 2.05) is 0 Å². The van der Waals surface area contributed by atoms with Crippen molar-refractivity contribution in [3.63, 3.8) is 0 Å². The maximum absolute atomic E-state index is 12.8. The molecule has 1 saturated heterocycles. The Morgan fingerprint density at radius 2 is 1.40 bits per heavy atom. The van der Waals surface area contributed by atoms with Crippen LogP contribution in [0.4, 0.5) is 0 Å². The summed E-state index contributed by atoms with van der Waals surface area (Å²) in [7, 11) is 3.15. The van der Waals surface area contributed by atoms with E-state index in [9.17, 15) is 9.90 Å². The molecule has 0 aromatic rings. The number of likely N-dealkylation sites (tertiary alicyclic amines) is 1. The Hall–Kier alpha value is -0.650. The van der Waals surface area contributed by atoms with Gasteiger partial charge in [-0.3, -0.25) is 4.90 Å². The summed E-state index contributed by atoms with van der Waals surface area (Å²) in [5.74, 6) is -0.214. The second kappa shape index (κ2) is 7.53. The minimum atomic E-state index is -0.838. The summed E-state index contributed by atoms with van der Waals surface area (Å²) in [5.41, 5.74) is -0.920. The lowest BCUT2D eigenvalue weighted by Crippen LogP contribution is -2.72. The summed E-state index contributed by atoms with van der Waals surface area (Å²) in [6.07, 6.45) is 13.1. The third-order valence-electron chi connectivity index (χ3n) is 7.21. The normalized spacial score (nSPS) is 32.0. The van der Waals surface area contributed by atoms with Crippen molar-refractivity contribution in [2.75, 3.05) is 27.4 Å². The maximum atomic E-state index is 12.8. The van der Waals surface area contributed by atoms with Crippen LogP contribution in [0.1, 0.15) is 77.0 Å². The van der Waals surface area contributed by atoms with Crippen molar-refractivity contribution in [1.29, 1.82) is 0 Å². The first kappa shape index (κ1) is 19.1. The number of methoxy groups -OCH3 is 2. The first-order chi connectivity index (χ1) is 12.1. The number of piperidine rings is 1. The van der Waals surface area contributed by atoms with Crippen LogP contribution in [0, 0.1) is 0 Å². The first-order valence-corrected chi connectivity index (χ1v) is 10.1. The number of ether oxygens (including phenoxy) is 2. The zero-order chi connectivity index (χ0) is 18.0. The van der Waals surface area contributed by atoms with Gasteiger partial charge in [0.1, 0.15) is 0 Å². The third kappa shape index (κ3) is 3.24. The monoisotopic (exact) mass is 353 g/mol. The highest BCUT2D eigenvalue weighted by atomic mass is 16.6. The van der Waals surface area contributed by atoms with Gasteiger partial charge in [-0.25, -0.2) is 4.79 Å². The number of hydrogen-bond acceptors (Lipinski definition) is 5. The number of esters is 1. The lowest BCUT2D eigenvalue weighted by molar-refractivity contribution is -0.210. The van der Waals surface area contributed by atoms with Gasteiger partial charge in [0.05, 0.1) is 13.7 Å². The highest BCUT2D eigenvalue weighted by Gasteiger charge is 2.62. The number of carbonyl (C=O) groups excluding carboxylic acids is 1. The van der Waals surface area contributed by atoms with Gasteiger partial charge in [0.25, 0.3) is 0 Å². The summed E-state index contributed by atoms with van der Waals surface area (Å²) >= 11 is 0. The van der Waals surface area contributed by atoms with Gasteiger partial charge in [0.2, 0.25) is 0 Å². The molecule has 0 aromatic heterocycles. The van der Waals surface area contributed by atoms with Crippen LogP contribution >= 0.6 is 0 Å². The predicted molar refractivity (Wildman–Crippen MR) is 96.4 cm³/mol. The predicted octanol–water partition coefficient (Wildman–Crippen LogP) is 3.04. The van der Waals surface area contributed by atoms with Crippen LogP contribution in [0.2, 0.25) is 0 Å². The van der Waals surface area contributed by atoms with Gasteiger partial charge in [0.15, 0.2) is 5.60 Å². The van der Waals surface area contributed by atoms with Gasteiger partial charge in [-0.1, -0.05) is 38.5 Å². The molecule has 0 radical (unpaired) electrons. The Morgan fingerprint density at radius 3 is 1.76 bits per heavy atom. The number of β-amino-alcohol motifs (C(OH)–C–C–N with tert-alkyl or cyclic N) is 1. The number of aliphatic hydroxyl groups excluding tert-OH is 1. The van der Waals surface area contributed by atoms with Crippen LogP contribution in [0.25, 0.3) is 0 Å². The van der Waals surface area contributed by atoms with Crippen molar-refractivity contribution in [1.82, 2.24) is 4.90 Å². The number of carbonyl (C=O) groups is 1. The van der Waals surface area contributed by atoms with Gasteiger partial charge in [-0.05, 0) is 25.7 Å². The standard InChI is InChI=1S/C20H35NO4/c1-24-17(23)20(25-2)15-18(9-5-3-6-10-18)21(13-14-22)19(16-20)11-7-4-8-12-19/h22H,3-16H2,1-2H3. The van der Waals surface area contributed by atoms with Gasteiger partial charge < -0.3 is 14.6 Å². The Labute approximate surface area is 152 Å². The van der Waals surface area contributed by atoms with Crippen molar-refractivity contribution in [3.8, 4) is 0 Å². The van der Waals surface area contributed by atoms with E-state index in [1.54, 1.807) is 7.11 Å². The number of aliphatic hydroxyl groups is 1. The van der Waals surface area contributed by atoms with E-state index in [1.165, 1.54) is 45.6 Å². The average Bonchev–Trinajstić information content (AvgIpc) is 2.65. The fourth-order valence-electron chi connectivity index (χ4n) is 6.27. The molecular weight excluding hydrogens is 318 g/mol. The fraction of sp³-hybridized carbons (Fsp3) is 0.950. The zero-order valence-electron chi connectivity index (χ0n) is 16.0. The van der Waals surface area contributed by atoms with Gasteiger partial charge in [-0.15, -0.1) is 0 Å². The van der Waals surface area contributed by atoms with E-state index in [0.29, 0.717) is 19.4 Å². The Kier molecular flexibility index (Phi) is 5.76. The Morgan fingerprint density at radius 1 is 0.920 bits per heavy atom. The van der Waals surface area contributed by atoms with E-state index >= 15 is 0 Å². The minimum Gasteiger partial charge on any atom is -0.467 e. The molecule has 3 fully saturated rings. The average molecular weight is 354 g/mol. The molecule has 144 valence electrons. The molecule has 0 bridgehead atoms. The van der Waals surface area contributed by atoms with Crippen LogP contribution in [-0.2, 0) is 14.3 Å². The highest BCUT2D eigenvalue weighted by molar-refractivity contribution is 5.80. The van der Waals surface area contributed by atoms with Crippen molar-refractivity contribution >= 4 is 5.97 Å². The molecule has 25 heavy (non-hydrogen) atoms. The van der Waals surface area contributed by atoms with Crippen LogP contribution in [0.15, 0.2) is 0 Å². The van der Waals surface area contributed by atoms with E-state index in [-0.39, 0.29) is 23.7 Å². The van der Waals surface area contributed by atoms with Crippen LogP contribution in [-0.4, -0.2) is 60.0 Å². The smallest absolute Gasteiger partial charge is 0.338 e. The summed E-state index contributed by atoms with van der Waals surface area (Å²) in [4.78, 5) is 15.4. The Bertz CT molecular complexity index is 438. The molecule has 5 nitrogen and oxygen atoms in total. The van der Waals surface area contributed by atoms with Gasteiger partial charge in [0, 0.05) is 37.6 Å². The highest BCUT2D eigenvalue weighted by Crippen LogP contribution is 2.55. The molecule has 1 N–H and O–H groups in total. The van der Waals surface area contributed by atoms with Crippen LogP contribution in [0.5, 0.6) is 0 Å². The van der Waals surface area contributed by atoms with Gasteiger partial charge in [-0.2, -0.15) is 0 Å². The molecule has 0 unspecified atom stereocenters. The largest absolute Gasteiger partial charge is 0.467 e. The van der Waals surface area contributed by atoms with Crippen LogP contribution in [0.3, 0.4) is 0 Å². The number of hydrogen-bond donors (Lipinski definition) is 1. The summed E-state index contributed by atoms with van der Waals surface area (Å²) < 4.78 is 11.2. The topological polar surface area (TPSA) is 59.0 Å². The minimum absolute atomic E-state index is 0.0409. The number of nitrogens with zero attached hydrogens (tertiary/aromatic N) is 1. The molecule has 0 amide bonds. The molecule has 1 heterocycles. The van der Waals surface area contributed by atoms with E-state index < -0.39 is 5.60 Å². The first-order valence-electron chi connectivity index (χ1n) is 10.1. The third-order valence-corrected chi connectivity index (χ3v) is 7.21. The van der Waals surface area contributed by atoms with Crippen molar-refractivity contribution in [2.45, 2.75) is 93.7 Å². The summed E-state index contributed by atoms with van der Waals surface area (Å²) in [5, 5.41) is 9.82. The van der Waals surface area contributed by atoms with E-state index in [4.69, 9.17) is 9.47 Å². The fourth-order valence-corrected chi connectivity index (χ4v) is 6.27. The quantitative estimate of drug-likeness (QED) is 0.787. The van der Waals surface area contributed by atoms with E-state index in [2.05, 4.69) is 4.90 Å². The molecule has 2 spiro atoms. The maximum Gasteiger partial charge on any atom is 0.338 e. The molecule has 2 saturated carbocycles. The molecular formula is C20H35NO4. The molecule has 1 aliphatic heterocycles.